The fourth-order valence-corrected chi connectivity index (χ4v) is 4.25. The van der Waals surface area contributed by atoms with Crippen LogP contribution in [0.3, 0.4) is 0 Å². The number of benzene rings is 2. The van der Waals surface area contributed by atoms with Crippen molar-refractivity contribution in [2.24, 2.45) is 0 Å². The number of aryl methyl sites for hydroxylation is 1. The highest BCUT2D eigenvalue weighted by atomic mass is 19.4. The molecule has 0 spiro atoms. The molecule has 0 unspecified atom stereocenters. The molecular formula is C22H21F3N4O4. The highest BCUT2D eigenvalue weighted by Crippen LogP contribution is 2.37. The summed E-state index contributed by atoms with van der Waals surface area (Å²) >= 11 is 0. The van der Waals surface area contributed by atoms with Crippen LogP contribution in [0.5, 0.6) is 0 Å². The van der Waals surface area contributed by atoms with Gasteiger partial charge in [0.1, 0.15) is 5.69 Å². The van der Waals surface area contributed by atoms with Gasteiger partial charge < -0.3 is 4.90 Å². The fourth-order valence-electron chi connectivity index (χ4n) is 4.25. The molecule has 11 heteroatoms. The lowest BCUT2D eigenvalue weighted by atomic mass is 10.1. The topological polar surface area (TPSA) is 87.0 Å². The first-order chi connectivity index (χ1) is 15.6. The van der Waals surface area contributed by atoms with Crippen LogP contribution in [0.2, 0.25) is 0 Å². The fraction of sp³-hybridized carbons (Fsp3) is 0.364. The molecule has 174 valence electrons. The molecule has 0 radical (unpaired) electrons. The minimum atomic E-state index is -4.68. The summed E-state index contributed by atoms with van der Waals surface area (Å²) in [5.41, 5.74) is -0.0819. The Bertz CT molecular complexity index is 1100. The monoisotopic (exact) mass is 462 g/mol. The van der Waals surface area contributed by atoms with Crippen LogP contribution in [-0.4, -0.2) is 53.9 Å². The number of piperazine rings is 1. The molecule has 2 aliphatic heterocycles. The quantitative estimate of drug-likeness (QED) is 0.393. The third-order valence-electron chi connectivity index (χ3n) is 6.01. The van der Waals surface area contributed by atoms with Crippen molar-refractivity contribution in [2.45, 2.75) is 25.6 Å². The molecule has 2 aromatic carbocycles. The van der Waals surface area contributed by atoms with Gasteiger partial charge in [-0.1, -0.05) is 17.7 Å². The number of nitro groups is 1. The number of nitrogens with zero attached hydrogens (tertiary/aromatic N) is 4. The van der Waals surface area contributed by atoms with Gasteiger partial charge in [0.25, 0.3) is 11.6 Å². The third kappa shape index (κ3) is 4.40. The summed E-state index contributed by atoms with van der Waals surface area (Å²) in [6, 6.07) is 8.92. The summed E-state index contributed by atoms with van der Waals surface area (Å²) in [6.07, 6.45) is -4.65. The number of amides is 2. The minimum absolute atomic E-state index is 0.0349. The molecule has 2 amide bonds. The number of imide groups is 1. The van der Waals surface area contributed by atoms with Gasteiger partial charge in [-0.15, -0.1) is 0 Å². The lowest BCUT2D eigenvalue weighted by Crippen LogP contribution is -2.52. The molecule has 2 aliphatic rings. The molecule has 4 rings (SSSR count). The second-order valence-corrected chi connectivity index (χ2v) is 8.10. The van der Waals surface area contributed by atoms with Crippen molar-refractivity contribution in [1.82, 2.24) is 4.90 Å². The van der Waals surface area contributed by atoms with E-state index in [4.69, 9.17) is 0 Å². The number of carbonyl (C=O) groups is 2. The largest absolute Gasteiger partial charge is 0.416 e. The van der Waals surface area contributed by atoms with E-state index in [1.165, 1.54) is 4.90 Å². The minimum Gasteiger partial charge on any atom is -0.363 e. The van der Waals surface area contributed by atoms with Crippen molar-refractivity contribution in [2.75, 3.05) is 36.0 Å². The second-order valence-electron chi connectivity index (χ2n) is 8.10. The third-order valence-corrected chi connectivity index (χ3v) is 6.01. The number of hydrogen-bond acceptors (Lipinski definition) is 6. The van der Waals surface area contributed by atoms with E-state index in [1.54, 1.807) is 17.0 Å². The van der Waals surface area contributed by atoms with Crippen LogP contribution >= 0.6 is 0 Å². The molecule has 0 aromatic heterocycles. The first-order valence-electron chi connectivity index (χ1n) is 10.3. The summed E-state index contributed by atoms with van der Waals surface area (Å²) in [5.74, 6) is -0.618. The van der Waals surface area contributed by atoms with E-state index in [-0.39, 0.29) is 37.0 Å². The Kier molecular flexibility index (Phi) is 5.83. The van der Waals surface area contributed by atoms with Gasteiger partial charge in [-0.2, -0.15) is 13.2 Å². The van der Waals surface area contributed by atoms with Gasteiger partial charge in [-0.05, 0) is 31.2 Å². The normalized spacial score (nSPS) is 19.9. The smallest absolute Gasteiger partial charge is 0.363 e. The van der Waals surface area contributed by atoms with Crippen LogP contribution in [-0.2, 0) is 15.8 Å². The van der Waals surface area contributed by atoms with Gasteiger partial charge in [0.15, 0.2) is 0 Å². The molecule has 1 atom stereocenters. The molecule has 0 N–H and O–H groups in total. The van der Waals surface area contributed by atoms with Crippen LogP contribution in [0, 0.1) is 17.0 Å². The van der Waals surface area contributed by atoms with Gasteiger partial charge in [-0.3, -0.25) is 24.6 Å². The Balaban J connectivity index is 1.47. The zero-order valence-electron chi connectivity index (χ0n) is 17.7. The molecule has 2 aromatic rings. The van der Waals surface area contributed by atoms with E-state index in [1.807, 2.05) is 24.0 Å². The van der Waals surface area contributed by atoms with Crippen molar-refractivity contribution in [1.29, 1.82) is 0 Å². The molecule has 8 nitrogen and oxygen atoms in total. The number of hydrogen-bond donors (Lipinski definition) is 0. The lowest BCUT2D eigenvalue weighted by Gasteiger charge is -2.37. The zero-order valence-corrected chi connectivity index (χ0v) is 17.7. The second kappa shape index (κ2) is 8.47. The molecular weight excluding hydrogens is 441 g/mol. The number of anilines is 2. The number of halogens is 3. The zero-order chi connectivity index (χ0) is 23.9. The number of carbonyl (C=O) groups excluding carboxylic acids is 2. The highest BCUT2D eigenvalue weighted by Gasteiger charge is 2.43. The number of alkyl halides is 3. The van der Waals surface area contributed by atoms with E-state index < -0.39 is 28.4 Å². The Morgan fingerprint density at radius 1 is 1.00 bits per heavy atom. The van der Waals surface area contributed by atoms with Crippen LogP contribution in [0.15, 0.2) is 42.5 Å². The van der Waals surface area contributed by atoms with Crippen molar-refractivity contribution in [3.63, 3.8) is 0 Å². The van der Waals surface area contributed by atoms with E-state index in [0.29, 0.717) is 24.8 Å². The van der Waals surface area contributed by atoms with Crippen molar-refractivity contribution < 1.29 is 27.7 Å². The number of rotatable bonds is 4. The van der Waals surface area contributed by atoms with Gasteiger partial charge >= 0.3 is 6.18 Å². The summed E-state index contributed by atoms with van der Waals surface area (Å²) in [5, 5.41) is 11.4. The van der Waals surface area contributed by atoms with E-state index in [0.717, 1.165) is 17.7 Å². The average molecular weight is 462 g/mol. The summed E-state index contributed by atoms with van der Waals surface area (Å²) in [4.78, 5) is 40.8. The Morgan fingerprint density at radius 3 is 2.21 bits per heavy atom. The molecule has 2 fully saturated rings. The predicted octanol–water partition coefficient (Wildman–Crippen LogP) is 3.38. The van der Waals surface area contributed by atoms with E-state index in [9.17, 15) is 32.9 Å². The molecule has 0 bridgehead atoms. The molecule has 2 saturated heterocycles. The molecule has 0 saturated carbocycles. The first-order valence-corrected chi connectivity index (χ1v) is 10.3. The van der Waals surface area contributed by atoms with Crippen LogP contribution in [0.4, 0.5) is 30.2 Å². The van der Waals surface area contributed by atoms with Crippen molar-refractivity contribution >= 4 is 28.9 Å². The van der Waals surface area contributed by atoms with Gasteiger partial charge in [0.2, 0.25) is 5.91 Å². The highest BCUT2D eigenvalue weighted by molar-refractivity contribution is 6.22. The lowest BCUT2D eigenvalue weighted by molar-refractivity contribution is -0.384. The maximum absolute atomic E-state index is 13.0. The van der Waals surface area contributed by atoms with E-state index in [2.05, 4.69) is 0 Å². The average Bonchev–Trinajstić information content (AvgIpc) is 3.07. The van der Waals surface area contributed by atoms with E-state index >= 15 is 0 Å². The standard InChI is InChI=1S/C22H21F3N4O4/c1-14-2-5-16(6-3-14)28-20(30)13-19(21(28)31)27-10-8-26(9-11-27)17-7-4-15(22(23,24)25)12-18(17)29(32)33/h2-7,12,19H,8-11,13H2,1H3/t19-/m1/s1. The predicted molar refractivity (Wildman–Crippen MR) is 114 cm³/mol. The maximum atomic E-state index is 13.0. The summed E-state index contributed by atoms with van der Waals surface area (Å²) in [6.45, 7) is 3.12. The Morgan fingerprint density at radius 2 is 1.64 bits per heavy atom. The maximum Gasteiger partial charge on any atom is 0.416 e. The molecule has 2 heterocycles. The van der Waals surface area contributed by atoms with Crippen molar-refractivity contribution in [3.8, 4) is 0 Å². The van der Waals surface area contributed by atoms with Crippen molar-refractivity contribution in [3.05, 3.63) is 63.7 Å². The summed E-state index contributed by atoms with van der Waals surface area (Å²) in [7, 11) is 0. The molecule has 0 aliphatic carbocycles. The molecule has 33 heavy (non-hydrogen) atoms. The van der Waals surface area contributed by atoms with Crippen LogP contribution in [0.25, 0.3) is 0 Å². The Labute approximate surface area is 187 Å². The van der Waals surface area contributed by atoms with Crippen LogP contribution in [0.1, 0.15) is 17.5 Å². The number of nitro benzene ring substituents is 1. The van der Waals surface area contributed by atoms with Gasteiger partial charge in [0.05, 0.1) is 28.6 Å². The van der Waals surface area contributed by atoms with Gasteiger partial charge in [0, 0.05) is 32.2 Å². The first kappa shape index (κ1) is 22.7. The summed E-state index contributed by atoms with van der Waals surface area (Å²) < 4.78 is 38.9. The van der Waals surface area contributed by atoms with Gasteiger partial charge in [-0.25, -0.2) is 4.90 Å². The SMILES string of the molecule is Cc1ccc(N2C(=O)C[C@@H](N3CCN(c4ccc(C(F)(F)F)cc4[N+](=O)[O-])CC3)C2=O)cc1. The Hall–Kier alpha value is -3.47. The van der Waals surface area contributed by atoms with Crippen LogP contribution < -0.4 is 9.80 Å².